The summed E-state index contributed by atoms with van der Waals surface area (Å²) in [6.45, 7) is 12.8. The average Bonchev–Trinajstić information content (AvgIpc) is 3.12. The largest absolute Gasteiger partial charge is 0.481 e. The van der Waals surface area contributed by atoms with Gasteiger partial charge < -0.3 is 59.8 Å². The number of carboxylic acid groups (broad SMARTS) is 1. The van der Waals surface area contributed by atoms with Crippen molar-refractivity contribution in [3.05, 3.63) is 11.6 Å². The van der Waals surface area contributed by atoms with Crippen LogP contribution in [0.5, 0.6) is 0 Å². The molecule has 7 aliphatic rings. The monoisotopic (exact) mass is 766 g/mol. The minimum atomic E-state index is -1.73. The van der Waals surface area contributed by atoms with Crippen molar-refractivity contribution in [2.24, 2.45) is 50.2 Å². The first-order valence-corrected chi connectivity index (χ1v) is 20.4. The Morgan fingerprint density at radius 2 is 1.52 bits per heavy atom. The van der Waals surface area contributed by atoms with Crippen LogP contribution >= 0.6 is 0 Å². The predicted octanol–water partition coefficient (Wildman–Crippen LogP) is 2.49. The van der Waals surface area contributed by atoms with Gasteiger partial charge in [0.15, 0.2) is 12.6 Å². The van der Waals surface area contributed by atoms with E-state index in [4.69, 9.17) is 18.9 Å². The lowest BCUT2D eigenvalue weighted by molar-refractivity contribution is -0.368. The van der Waals surface area contributed by atoms with E-state index in [2.05, 4.69) is 47.6 Å². The van der Waals surface area contributed by atoms with Gasteiger partial charge >= 0.3 is 5.97 Å². The molecule has 13 heteroatoms. The molecule has 308 valence electrons. The van der Waals surface area contributed by atoms with Gasteiger partial charge in [-0.3, -0.25) is 4.79 Å². The maximum Gasteiger partial charge on any atom is 0.310 e. The van der Waals surface area contributed by atoms with Crippen molar-refractivity contribution in [3.8, 4) is 0 Å². The van der Waals surface area contributed by atoms with Gasteiger partial charge in [0.05, 0.1) is 31.3 Å². The molecule has 2 aliphatic heterocycles. The lowest BCUT2D eigenvalue weighted by Gasteiger charge is -2.71. The van der Waals surface area contributed by atoms with Crippen molar-refractivity contribution >= 4 is 5.97 Å². The summed E-state index contributed by atoms with van der Waals surface area (Å²) in [5.41, 5.74) is -0.367. The standard InChI is InChI=1S/C41H66O13/c1-36(2)13-15-41(35(49)50)16-14-39(5)21(22(41)17-36)7-8-26-37(3)11-10-27(38(4,20-43)25(37)9-12-40(26,39)6)53-34-32(28(45)23(44)19-51-34)54-33-31(48)30(47)29(46)24(18-42)52-33/h7,22-34,42-48H,8-20H2,1-6H3,(H,49,50)/t22-,23-,24+,25+,26+,27-,28-,29+,30-,31+,32+,33+,34-,37-,38-,39+,40+,41-/m0/s1. The highest BCUT2D eigenvalue weighted by atomic mass is 16.8. The van der Waals surface area contributed by atoms with Crippen molar-refractivity contribution in [1.82, 2.24) is 0 Å². The lowest BCUT2D eigenvalue weighted by Crippen LogP contribution is -2.67. The van der Waals surface area contributed by atoms with Crippen LogP contribution in [0.4, 0.5) is 0 Å². The fraction of sp³-hybridized carbons (Fsp3) is 0.927. The Labute approximate surface area is 319 Å². The van der Waals surface area contributed by atoms with E-state index in [1.54, 1.807) is 0 Å². The number of carboxylic acids is 1. The predicted molar refractivity (Wildman–Crippen MR) is 193 cm³/mol. The molecule has 18 atom stereocenters. The van der Waals surface area contributed by atoms with Gasteiger partial charge in [-0.25, -0.2) is 0 Å². The number of ether oxygens (including phenoxy) is 4. The van der Waals surface area contributed by atoms with Crippen LogP contribution in [0.15, 0.2) is 11.6 Å². The van der Waals surface area contributed by atoms with Gasteiger partial charge in [0, 0.05) is 5.41 Å². The summed E-state index contributed by atoms with van der Waals surface area (Å²) in [7, 11) is 0. The molecular weight excluding hydrogens is 700 g/mol. The topological polar surface area (TPSA) is 216 Å². The van der Waals surface area contributed by atoms with E-state index in [0.29, 0.717) is 18.8 Å². The van der Waals surface area contributed by atoms with Gasteiger partial charge in [0.2, 0.25) is 0 Å². The number of aliphatic hydroxyl groups excluding tert-OH is 7. The SMILES string of the molecule is CC1(C)CC[C@]2(C(=O)O)CC[C@]3(C)C(=CC[C@@H]4[C@@]5(C)CC[C@H](O[C@@H]6OC[C@H](O)[C@H](O)[C@H]6O[C@H]6O[C@H](CO)[C@@H](O)[C@H](O)[C@H]6O)[C@@](C)(CO)[C@@H]5CC[C@]43C)[C@@H]2C1. The molecule has 0 bridgehead atoms. The summed E-state index contributed by atoms with van der Waals surface area (Å²) in [6.07, 6.45) is -3.32. The molecule has 0 aromatic heterocycles. The summed E-state index contributed by atoms with van der Waals surface area (Å²) in [5.74, 6) is -0.265. The van der Waals surface area contributed by atoms with E-state index in [9.17, 15) is 45.6 Å². The minimum absolute atomic E-state index is 0.0233. The molecule has 4 saturated carbocycles. The van der Waals surface area contributed by atoms with Gasteiger partial charge in [0.1, 0.15) is 42.7 Å². The number of allylic oxidation sites excluding steroid dienone is 2. The Morgan fingerprint density at radius 3 is 2.19 bits per heavy atom. The summed E-state index contributed by atoms with van der Waals surface area (Å²) in [4.78, 5) is 13.0. The maximum atomic E-state index is 13.0. The van der Waals surface area contributed by atoms with E-state index >= 15 is 0 Å². The molecule has 0 radical (unpaired) electrons. The fourth-order valence-electron chi connectivity index (χ4n) is 13.4. The first-order valence-electron chi connectivity index (χ1n) is 20.4. The molecule has 5 aliphatic carbocycles. The Morgan fingerprint density at radius 1 is 0.815 bits per heavy atom. The third kappa shape index (κ3) is 5.92. The van der Waals surface area contributed by atoms with Crippen LogP contribution in [0.3, 0.4) is 0 Å². The molecule has 13 nitrogen and oxygen atoms in total. The van der Waals surface area contributed by atoms with E-state index in [1.165, 1.54) is 5.57 Å². The van der Waals surface area contributed by atoms with E-state index in [-0.39, 0.29) is 46.7 Å². The molecule has 54 heavy (non-hydrogen) atoms. The summed E-state index contributed by atoms with van der Waals surface area (Å²) in [5, 5.41) is 84.7. The smallest absolute Gasteiger partial charge is 0.310 e. The number of aliphatic hydroxyl groups is 7. The zero-order chi connectivity index (χ0) is 39.4. The van der Waals surface area contributed by atoms with Crippen LogP contribution in [-0.4, -0.2) is 128 Å². The summed E-state index contributed by atoms with van der Waals surface area (Å²) in [6, 6.07) is 0. The Balaban J connectivity index is 1.15. The Hall–Kier alpha value is -1.23. The fourth-order valence-corrected chi connectivity index (χ4v) is 13.4. The van der Waals surface area contributed by atoms with E-state index in [0.717, 1.165) is 51.4 Å². The third-order valence-electron chi connectivity index (χ3n) is 17.0. The number of hydrogen-bond donors (Lipinski definition) is 8. The van der Waals surface area contributed by atoms with Crippen molar-refractivity contribution in [2.75, 3.05) is 19.8 Å². The maximum absolute atomic E-state index is 13.0. The Kier molecular flexibility index (Phi) is 10.6. The van der Waals surface area contributed by atoms with Gasteiger partial charge in [-0.1, -0.05) is 53.2 Å². The first kappa shape index (κ1) is 40.9. The quantitative estimate of drug-likeness (QED) is 0.138. The first-order chi connectivity index (χ1) is 25.2. The number of aliphatic carboxylic acids is 1. The zero-order valence-electron chi connectivity index (χ0n) is 32.9. The molecule has 0 unspecified atom stereocenters. The molecule has 6 fully saturated rings. The molecule has 0 aromatic rings. The third-order valence-corrected chi connectivity index (χ3v) is 17.0. The van der Waals surface area contributed by atoms with Gasteiger partial charge in [-0.15, -0.1) is 0 Å². The zero-order valence-corrected chi connectivity index (χ0v) is 32.9. The van der Waals surface area contributed by atoms with Gasteiger partial charge in [0.25, 0.3) is 0 Å². The molecule has 8 N–H and O–H groups in total. The van der Waals surface area contributed by atoms with Crippen LogP contribution in [0.1, 0.15) is 106 Å². The van der Waals surface area contributed by atoms with Crippen molar-refractivity contribution < 1.29 is 64.6 Å². The summed E-state index contributed by atoms with van der Waals surface area (Å²) < 4.78 is 24.1. The molecule has 0 aromatic carbocycles. The van der Waals surface area contributed by atoms with E-state index < -0.39 is 84.8 Å². The molecular formula is C41H66O13. The minimum Gasteiger partial charge on any atom is -0.481 e. The van der Waals surface area contributed by atoms with E-state index in [1.807, 2.05) is 0 Å². The number of hydrogen-bond acceptors (Lipinski definition) is 12. The second kappa shape index (κ2) is 14.0. The average molecular weight is 767 g/mol. The number of fused-ring (bicyclic) bond motifs is 7. The molecule has 0 amide bonds. The van der Waals surface area contributed by atoms with Crippen LogP contribution in [0.2, 0.25) is 0 Å². The lowest BCUT2D eigenvalue weighted by atomic mass is 9.33. The van der Waals surface area contributed by atoms with Crippen LogP contribution < -0.4 is 0 Å². The highest BCUT2D eigenvalue weighted by molar-refractivity contribution is 5.76. The van der Waals surface area contributed by atoms with Crippen LogP contribution in [0.25, 0.3) is 0 Å². The van der Waals surface area contributed by atoms with Crippen molar-refractivity contribution in [1.29, 1.82) is 0 Å². The van der Waals surface area contributed by atoms with Gasteiger partial charge in [-0.2, -0.15) is 0 Å². The van der Waals surface area contributed by atoms with Crippen LogP contribution in [0, 0.1) is 50.2 Å². The highest BCUT2D eigenvalue weighted by Crippen LogP contribution is 2.76. The van der Waals surface area contributed by atoms with Crippen molar-refractivity contribution in [3.63, 3.8) is 0 Å². The molecule has 7 rings (SSSR count). The Bertz CT molecular complexity index is 1450. The molecule has 2 saturated heterocycles. The summed E-state index contributed by atoms with van der Waals surface area (Å²) >= 11 is 0. The highest BCUT2D eigenvalue weighted by Gasteiger charge is 2.70. The normalized spacial score (nSPS) is 54.3. The second-order valence-electron chi connectivity index (χ2n) is 20.1. The van der Waals surface area contributed by atoms with Crippen molar-refractivity contribution in [2.45, 2.75) is 167 Å². The second-order valence-corrected chi connectivity index (χ2v) is 20.1. The number of rotatable bonds is 7. The number of carbonyl (C=O) groups is 1. The molecule has 2 heterocycles. The van der Waals surface area contributed by atoms with Gasteiger partial charge in [-0.05, 0) is 104 Å². The van der Waals surface area contributed by atoms with Crippen LogP contribution in [-0.2, 0) is 23.7 Å². The molecule has 0 spiro atoms.